The summed E-state index contributed by atoms with van der Waals surface area (Å²) >= 11 is 0. The highest BCUT2D eigenvalue weighted by Crippen LogP contribution is 2.33. The van der Waals surface area contributed by atoms with Gasteiger partial charge in [0, 0.05) is 11.6 Å². The minimum atomic E-state index is -1.03. The van der Waals surface area contributed by atoms with Crippen LogP contribution in [0.1, 0.15) is 24.2 Å². The molecule has 0 fully saturated rings. The van der Waals surface area contributed by atoms with E-state index in [-0.39, 0.29) is 17.0 Å². The van der Waals surface area contributed by atoms with Crippen LogP contribution in [0.2, 0.25) is 0 Å². The van der Waals surface area contributed by atoms with E-state index in [1.165, 1.54) is 43.3 Å². The molecule has 110 valence electrons. The van der Waals surface area contributed by atoms with Crippen LogP contribution in [0.5, 0.6) is 11.5 Å². The molecule has 2 aromatic rings. The monoisotopic (exact) mass is 291 g/mol. The minimum absolute atomic E-state index is 0.0164. The molecule has 0 aliphatic heterocycles. The summed E-state index contributed by atoms with van der Waals surface area (Å²) in [4.78, 5) is 10.3. The molecule has 2 aromatic carbocycles. The number of nitro benzene ring substituents is 1. The molecule has 21 heavy (non-hydrogen) atoms. The number of halogens is 1. The summed E-state index contributed by atoms with van der Waals surface area (Å²) in [7, 11) is 0. The molecule has 0 aliphatic carbocycles. The Bertz CT molecular complexity index is 685. The second-order valence-corrected chi connectivity index (χ2v) is 4.64. The number of nitro groups is 1. The molecule has 0 radical (unpaired) electrons. The van der Waals surface area contributed by atoms with E-state index in [9.17, 15) is 19.6 Å². The number of benzene rings is 2. The van der Waals surface area contributed by atoms with Gasteiger partial charge in [-0.1, -0.05) is 6.07 Å². The molecule has 0 bridgehead atoms. The zero-order chi connectivity index (χ0) is 15.6. The molecule has 0 saturated carbocycles. The highest BCUT2D eigenvalue weighted by molar-refractivity contribution is 5.47. The average molecular weight is 291 g/mol. The summed E-state index contributed by atoms with van der Waals surface area (Å²) in [6, 6.07) is 8.48. The topological polar surface area (TPSA) is 72.6 Å². The molecule has 0 saturated heterocycles. The van der Waals surface area contributed by atoms with E-state index in [1.54, 1.807) is 6.92 Å². The third kappa shape index (κ3) is 3.17. The number of aryl methyl sites for hydroxylation is 1. The van der Waals surface area contributed by atoms with Crippen molar-refractivity contribution < 1.29 is 19.2 Å². The quantitative estimate of drug-likeness (QED) is 0.685. The first-order valence-corrected chi connectivity index (χ1v) is 6.29. The van der Waals surface area contributed by atoms with Gasteiger partial charge < -0.3 is 9.84 Å². The van der Waals surface area contributed by atoms with Crippen LogP contribution in [0.3, 0.4) is 0 Å². The number of aliphatic hydroxyl groups is 1. The van der Waals surface area contributed by atoms with E-state index < -0.39 is 16.8 Å². The Hall–Kier alpha value is -2.47. The van der Waals surface area contributed by atoms with Crippen LogP contribution < -0.4 is 4.74 Å². The van der Waals surface area contributed by atoms with E-state index in [2.05, 4.69) is 0 Å². The summed E-state index contributed by atoms with van der Waals surface area (Å²) in [6.45, 7) is 3.03. The summed E-state index contributed by atoms with van der Waals surface area (Å²) < 4.78 is 19.3. The van der Waals surface area contributed by atoms with Crippen LogP contribution in [0.15, 0.2) is 36.4 Å². The predicted octanol–water partition coefficient (Wildman–Crippen LogP) is 3.89. The van der Waals surface area contributed by atoms with E-state index in [0.717, 1.165) is 0 Å². The lowest BCUT2D eigenvalue weighted by Gasteiger charge is -2.14. The van der Waals surface area contributed by atoms with Gasteiger partial charge in [0.25, 0.3) is 5.69 Å². The van der Waals surface area contributed by atoms with Crippen molar-refractivity contribution >= 4 is 5.69 Å². The van der Waals surface area contributed by atoms with E-state index in [1.807, 2.05) is 0 Å². The Morgan fingerprint density at radius 3 is 2.62 bits per heavy atom. The number of hydrogen-bond acceptors (Lipinski definition) is 4. The largest absolute Gasteiger partial charge is 0.457 e. The SMILES string of the molecule is Cc1cc(Oc2cccc(F)c2[C@H](C)O)ccc1[N+](=O)[O-]. The molecular weight excluding hydrogens is 277 g/mol. The molecule has 0 amide bonds. The lowest BCUT2D eigenvalue weighted by atomic mass is 10.1. The second-order valence-electron chi connectivity index (χ2n) is 4.64. The first kappa shape index (κ1) is 14.9. The fraction of sp³-hybridized carbons (Fsp3) is 0.200. The third-order valence-corrected chi connectivity index (χ3v) is 3.02. The Labute approximate surface area is 120 Å². The summed E-state index contributed by atoms with van der Waals surface area (Å²) in [6.07, 6.45) is -1.03. The number of rotatable bonds is 4. The number of nitrogens with zero attached hydrogens (tertiary/aromatic N) is 1. The fourth-order valence-electron chi connectivity index (χ4n) is 2.03. The van der Waals surface area contributed by atoms with Crippen molar-refractivity contribution in [3.05, 3.63) is 63.5 Å². The van der Waals surface area contributed by atoms with Gasteiger partial charge in [0.2, 0.25) is 0 Å². The Balaban J connectivity index is 2.37. The predicted molar refractivity (Wildman–Crippen MR) is 74.9 cm³/mol. The highest BCUT2D eigenvalue weighted by atomic mass is 19.1. The summed E-state index contributed by atoms with van der Waals surface area (Å²) in [5.41, 5.74) is 0.471. The van der Waals surface area contributed by atoms with Gasteiger partial charge in [-0.2, -0.15) is 0 Å². The van der Waals surface area contributed by atoms with E-state index in [0.29, 0.717) is 11.3 Å². The fourth-order valence-corrected chi connectivity index (χ4v) is 2.03. The van der Waals surface area contributed by atoms with Crippen LogP contribution >= 0.6 is 0 Å². The van der Waals surface area contributed by atoms with Gasteiger partial charge in [-0.3, -0.25) is 10.1 Å². The van der Waals surface area contributed by atoms with Crippen LogP contribution in [0, 0.1) is 22.9 Å². The van der Waals surface area contributed by atoms with Crippen molar-refractivity contribution in [3.8, 4) is 11.5 Å². The summed E-state index contributed by atoms with van der Waals surface area (Å²) in [5, 5.41) is 20.4. The number of ether oxygens (including phenoxy) is 1. The zero-order valence-corrected chi connectivity index (χ0v) is 11.5. The van der Waals surface area contributed by atoms with Crippen molar-refractivity contribution in [1.82, 2.24) is 0 Å². The van der Waals surface area contributed by atoms with Gasteiger partial charge in [0.15, 0.2) is 0 Å². The van der Waals surface area contributed by atoms with Gasteiger partial charge in [-0.05, 0) is 38.1 Å². The lowest BCUT2D eigenvalue weighted by molar-refractivity contribution is -0.385. The minimum Gasteiger partial charge on any atom is -0.457 e. The first-order valence-electron chi connectivity index (χ1n) is 6.29. The Morgan fingerprint density at radius 1 is 1.33 bits per heavy atom. The molecule has 0 aliphatic rings. The van der Waals surface area contributed by atoms with Crippen LogP contribution in [0.4, 0.5) is 10.1 Å². The molecule has 1 atom stereocenters. The van der Waals surface area contributed by atoms with Crippen LogP contribution in [-0.2, 0) is 0 Å². The Morgan fingerprint density at radius 2 is 2.05 bits per heavy atom. The zero-order valence-electron chi connectivity index (χ0n) is 11.5. The van der Waals surface area contributed by atoms with Crippen molar-refractivity contribution in [1.29, 1.82) is 0 Å². The average Bonchev–Trinajstić information content (AvgIpc) is 2.37. The van der Waals surface area contributed by atoms with Gasteiger partial charge in [0.05, 0.1) is 16.6 Å². The smallest absolute Gasteiger partial charge is 0.272 e. The maximum absolute atomic E-state index is 13.7. The molecule has 6 heteroatoms. The molecule has 5 nitrogen and oxygen atoms in total. The molecule has 1 N–H and O–H groups in total. The van der Waals surface area contributed by atoms with Gasteiger partial charge in [-0.15, -0.1) is 0 Å². The maximum Gasteiger partial charge on any atom is 0.272 e. The lowest BCUT2D eigenvalue weighted by Crippen LogP contribution is -2.00. The van der Waals surface area contributed by atoms with Crippen molar-refractivity contribution in [2.24, 2.45) is 0 Å². The van der Waals surface area contributed by atoms with E-state index >= 15 is 0 Å². The van der Waals surface area contributed by atoms with Crippen molar-refractivity contribution in [3.63, 3.8) is 0 Å². The molecule has 0 unspecified atom stereocenters. The van der Waals surface area contributed by atoms with Gasteiger partial charge in [0.1, 0.15) is 17.3 Å². The van der Waals surface area contributed by atoms with Crippen molar-refractivity contribution in [2.45, 2.75) is 20.0 Å². The highest BCUT2D eigenvalue weighted by Gasteiger charge is 2.16. The van der Waals surface area contributed by atoms with E-state index in [4.69, 9.17) is 4.74 Å². The maximum atomic E-state index is 13.7. The Kier molecular flexibility index (Phi) is 4.18. The summed E-state index contributed by atoms with van der Waals surface area (Å²) in [5.74, 6) is -0.0509. The van der Waals surface area contributed by atoms with Crippen molar-refractivity contribution in [2.75, 3.05) is 0 Å². The number of aliphatic hydroxyl groups excluding tert-OH is 1. The second kappa shape index (κ2) is 5.88. The van der Waals surface area contributed by atoms with Crippen LogP contribution in [0.25, 0.3) is 0 Å². The standard InChI is InChI=1S/C15H14FNO4/c1-9-8-11(6-7-13(9)17(19)20)21-14-5-3-4-12(16)15(14)10(2)18/h3-8,10,18H,1-2H3/t10-/m0/s1. The molecule has 0 heterocycles. The van der Waals surface area contributed by atoms with Gasteiger partial charge in [-0.25, -0.2) is 4.39 Å². The molecular formula is C15H14FNO4. The van der Waals surface area contributed by atoms with Gasteiger partial charge >= 0.3 is 0 Å². The third-order valence-electron chi connectivity index (χ3n) is 3.02. The normalized spacial score (nSPS) is 12.0. The molecule has 0 spiro atoms. The molecule has 0 aromatic heterocycles. The number of hydrogen-bond donors (Lipinski definition) is 1. The van der Waals surface area contributed by atoms with Crippen LogP contribution in [-0.4, -0.2) is 10.0 Å². The molecule has 2 rings (SSSR count). The first-order chi connectivity index (χ1) is 9.90.